The molecule has 1 fully saturated rings. The molecule has 1 saturated heterocycles. The van der Waals surface area contributed by atoms with Crippen LogP contribution in [0.15, 0.2) is 48.5 Å². The normalized spacial score (nSPS) is 17.2. The Kier molecular flexibility index (Phi) is 6.24. The monoisotopic (exact) mass is 402 g/mol. The van der Waals surface area contributed by atoms with E-state index in [1.807, 2.05) is 24.3 Å². The largest absolute Gasteiger partial charge is 0.495 e. The third-order valence-electron chi connectivity index (χ3n) is 4.83. The summed E-state index contributed by atoms with van der Waals surface area (Å²) in [5.74, 6) is 0.666. The number of carbonyl (C=O) groups is 1. The number of para-hydroxylation sites is 2. The van der Waals surface area contributed by atoms with E-state index < -0.39 is 9.84 Å². The number of nitrogens with zero attached hydrogens (tertiary/aromatic N) is 1. The molecular formula is C21H26N2O4S. The van der Waals surface area contributed by atoms with Gasteiger partial charge in [0.25, 0.3) is 5.91 Å². The summed E-state index contributed by atoms with van der Waals surface area (Å²) in [5.41, 5.74) is 2.25. The van der Waals surface area contributed by atoms with Gasteiger partial charge in [0.1, 0.15) is 5.75 Å². The minimum Gasteiger partial charge on any atom is -0.495 e. The summed E-state index contributed by atoms with van der Waals surface area (Å²) in [6.07, 6.45) is 3.10. The van der Waals surface area contributed by atoms with Crippen LogP contribution < -0.4 is 15.0 Å². The van der Waals surface area contributed by atoms with E-state index >= 15 is 0 Å². The maximum absolute atomic E-state index is 12.6. The van der Waals surface area contributed by atoms with Crippen LogP contribution in [0.2, 0.25) is 0 Å². The molecule has 1 amide bonds. The summed E-state index contributed by atoms with van der Waals surface area (Å²) < 4.78 is 28.2. The molecule has 1 heterocycles. The lowest BCUT2D eigenvalue weighted by molar-refractivity contribution is 0.0933. The lowest BCUT2D eigenvalue weighted by atomic mass is 10.0. The van der Waals surface area contributed by atoms with E-state index in [4.69, 9.17) is 4.74 Å². The second-order valence-corrected chi connectivity index (χ2v) is 9.34. The summed E-state index contributed by atoms with van der Waals surface area (Å²) in [4.78, 5) is 14.8. The molecule has 6 nitrogen and oxygen atoms in total. The Morgan fingerprint density at radius 2 is 1.89 bits per heavy atom. The molecule has 0 aliphatic carbocycles. The van der Waals surface area contributed by atoms with Crippen LogP contribution in [0.4, 0.5) is 5.69 Å². The van der Waals surface area contributed by atoms with Gasteiger partial charge in [0.05, 0.1) is 18.6 Å². The molecule has 150 valence electrons. The van der Waals surface area contributed by atoms with Crippen LogP contribution in [0, 0.1) is 0 Å². The number of sulfone groups is 1. The zero-order chi connectivity index (χ0) is 20.1. The van der Waals surface area contributed by atoms with Gasteiger partial charge >= 0.3 is 0 Å². The Hall–Kier alpha value is -2.54. The van der Waals surface area contributed by atoms with Gasteiger partial charge in [0.2, 0.25) is 0 Å². The van der Waals surface area contributed by atoms with Gasteiger partial charge in [-0.15, -0.1) is 0 Å². The van der Waals surface area contributed by atoms with E-state index in [1.54, 1.807) is 31.4 Å². The zero-order valence-corrected chi connectivity index (χ0v) is 17.0. The molecule has 1 aliphatic heterocycles. The first kappa shape index (κ1) is 20.2. The third-order valence-corrected chi connectivity index (χ3v) is 5.69. The van der Waals surface area contributed by atoms with Crippen molar-refractivity contribution in [1.29, 1.82) is 0 Å². The van der Waals surface area contributed by atoms with E-state index in [1.165, 1.54) is 6.26 Å². The van der Waals surface area contributed by atoms with Gasteiger partial charge in [0, 0.05) is 31.0 Å². The number of hydrogen-bond donors (Lipinski definition) is 1. The highest BCUT2D eigenvalue weighted by atomic mass is 32.2. The van der Waals surface area contributed by atoms with Gasteiger partial charge in [-0.2, -0.15) is 0 Å². The van der Waals surface area contributed by atoms with Gasteiger partial charge < -0.3 is 15.0 Å². The Bertz CT molecular complexity index is 926. The summed E-state index contributed by atoms with van der Waals surface area (Å²) in [6.45, 7) is 1.64. The van der Waals surface area contributed by atoms with Gasteiger partial charge in [-0.25, -0.2) is 8.42 Å². The van der Waals surface area contributed by atoms with E-state index in [0.29, 0.717) is 11.1 Å². The Balaban J connectivity index is 1.64. The van der Waals surface area contributed by atoms with Gasteiger partial charge in [-0.1, -0.05) is 24.3 Å². The Morgan fingerprint density at radius 1 is 1.18 bits per heavy atom. The third kappa shape index (κ3) is 5.25. The predicted octanol–water partition coefficient (Wildman–Crippen LogP) is 2.64. The summed E-state index contributed by atoms with van der Waals surface area (Å²) in [7, 11) is -1.43. The van der Waals surface area contributed by atoms with Gasteiger partial charge in [0.15, 0.2) is 9.84 Å². The maximum Gasteiger partial charge on any atom is 0.251 e. The van der Waals surface area contributed by atoms with Crippen LogP contribution in [0.3, 0.4) is 0 Å². The van der Waals surface area contributed by atoms with Crippen molar-refractivity contribution in [1.82, 2.24) is 5.32 Å². The number of amides is 1. The fourth-order valence-corrected chi connectivity index (χ4v) is 4.33. The highest BCUT2D eigenvalue weighted by molar-refractivity contribution is 7.89. The van der Waals surface area contributed by atoms with Crippen molar-refractivity contribution >= 4 is 21.4 Å². The van der Waals surface area contributed by atoms with Crippen LogP contribution in [-0.4, -0.2) is 46.8 Å². The lowest BCUT2D eigenvalue weighted by Crippen LogP contribution is -2.47. The second-order valence-electron chi connectivity index (χ2n) is 7.20. The smallest absolute Gasteiger partial charge is 0.251 e. The Morgan fingerprint density at radius 3 is 2.57 bits per heavy atom. The van der Waals surface area contributed by atoms with Gasteiger partial charge in [-0.3, -0.25) is 4.79 Å². The second kappa shape index (κ2) is 8.65. The highest BCUT2D eigenvalue weighted by Gasteiger charge is 2.23. The first-order valence-corrected chi connectivity index (χ1v) is 11.4. The van der Waals surface area contributed by atoms with Crippen molar-refractivity contribution in [3.8, 4) is 5.75 Å². The molecule has 0 bridgehead atoms. The molecular weight excluding hydrogens is 376 g/mol. The molecule has 28 heavy (non-hydrogen) atoms. The fraction of sp³-hybridized carbons (Fsp3) is 0.381. The number of rotatable bonds is 6. The molecule has 0 aromatic heterocycles. The van der Waals surface area contributed by atoms with Crippen molar-refractivity contribution in [2.24, 2.45) is 0 Å². The average Bonchev–Trinajstić information content (AvgIpc) is 2.67. The van der Waals surface area contributed by atoms with Crippen LogP contribution in [-0.2, 0) is 15.6 Å². The van der Waals surface area contributed by atoms with Gasteiger partial charge in [-0.05, 0) is 42.7 Å². The number of carbonyl (C=O) groups excluding carboxylic acids is 1. The Labute approximate surface area is 166 Å². The molecule has 2 aromatic carbocycles. The van der Waals surface area contributed by atoms with E-state index in [0.717, 1.165) is 37.4 Å². The molecule has 7 heteroatoms. The number of piperidine rings is 1. The molecule has 0 radical (unpaired) electrons. The predicted molar refractivity (Wildman–Crippen MR) is 111 cm³/mol. The average molecular weight is 403 g/mol. The van der Waals surface area contributed by atoms with Crippen LogP contribution in [0.5, 0.6) is 5.75 Å². The number of ether oxygens (including phenoxy) is 1. The fourth-order valence-electron chi connectivity index (χ4n) is 3.53. The number of methoxy groups -OCH3 is 1. The van der Waals surface area contributed by atoms with Crippen molar-refractivity contribution in [3.63, 3.8) is 0 Å². The molecule has 1 aliphatic rings. The molecule has 0 saturated carbocycles. The van der Waals surface area contributed by atoms with Crippen molar-refractivity contribution in [3.05, 3.63) is 59.7 Å². The molecule has 0 spiro atoms. The molecule has 1 atom stereocenters. The standard InChI is InChI=1S/C21H26N2O4S/c1-27-20-8-4-3-7-19(20)23-13-5-6-18(14-23)22-21(24)17-11-9-16(10-12-17)15-28(2,25)26/h3-4,7-12,18H,5-6,13-15H2,1-2H3,(H,22,24). The minimum absolute atomic E-state index is 0.0224. The number of hydrogen-bond acceptors (Lipinski definition) is 5. The van der Waals surface area contributed by atoms with Crippen molar-refractivity contribution < 1.29 is 17.9 Å². The highest BCUT2D eigenvalue weighted by Crippen LogP contribution is 2.29. The molecule has 2 aromatic rings. The van der Waals surface area contributed by atoms with Crippen molar-refractivity contribution in [2.75, 3.05) is 31.4 Å². The van der Waals surface area contributed by atoms with E-state index in [-0.39, 0.29) is 17.7 Å². The quantitative estimate of drug-likeness (QED) is 0.804. The van der Waals surface area contributed by atoms with Crippen LogP contribution in [0.1, 0.15) is 28.8 Å². The molecule has 1 unspecified atom stereocenters. The van der Waals surface area contributed by atoms with E-state index in [9.17, 15) is 13.2 Å². The summed E-state index contributed by atoms with van der Waals surface area (Å²) >= 11 is 0. The van der Waals surface area contributed by atoms with Crippen LogP contribution >= 0.6 is 0 Å². The topological polar surface area (TPSA) is 75.7 Å². The van der Waals surface area contributed by atoms with Crippen molar-refractivity contribution in [2.45, 2.75) is 24.6 Å². The SMILES string of the molecule is COc1ccccc1N1CCCC(NC(=O)c2ccc(CS(C)(=O)=O)cc2)C1. The summed E-state index contributed by atoms with van der Waals surface area (Å²) in [5, 5.41) is 3.10. The number of benzene rings is 2. The molecule has 1 N–H and O–H groups in total. The minimum atomic E-state index is -3.09. The first-order chi connectivity index (χ1) is 13.4. The molecule has 3 rings (SSSR count). The maximum atomic E-state index is 12.6. The first-order valence-electron chi connectivity index (χ1n) is 9.31. The number of nitrogens with one attached hydrogen (secondary N) is 1. The lowest BCUT2D eigenvalue weighted by Gasteiger charge is -2.35. The van der Waals surface area contributed by atoms with E-state index in [2.05, 4.69) is 10.2 Å². The zero-order valence-electron chi connectivity index (χ0n) is 16.2. The van der Waals surface area contributed by atoms with Crippen LogP contribution in [0.25, 0.3) is 0 Å². The number of anilines is 1. The summed E-state index contributed by atoms with van der Waals surface area (Å²) in [6, 6.07) is 14.7.